The minimum atomic E-state index is -0.222. The van der Waals surface area contributed by atoms with Crippen molar-refractivity contribution >= 4 is 23.1 Å². The highest BCUT2D eigenvalue weighted by molar-refractivity contribution is 5.75. The average molecular weight is 439 g/mol. The number of aromatic nitrogens is 3. The van der Waals surface area contributed by atoms with Gasteiger partial charge in [0, 0.05) is 22.6 Å². The van der Waals surface area contributed by atoms with Gasteiger partial charge in [0.15, 0.2) is 0 Å². The van der Waals surface area contributed by atoms with Crippen molar-refractivity contribution in [2.75, 3.05) is 6.61 Å². The van der Waals surface area contributed by atoms with E-state index in [-0.39, 0.29) is 12.4 Å². The van der Waals surface area contributed by atoms with E-state index < -0.39 is 0 Å². The molecule has 2 aromatic carbocycles. The predicted octanol–water partition coefficient (Wildman–Crippen LogP) is 5.16. The van der Waals surface area contributed by atoms with Crippen LogP contribution in [0.5, 0.6) is 0 Å². The number of nitrogens with zero attached hydrogens (tertiary/aromatic N) is 4. The molecule has 0 fully saturated rings. The third-order valence-corrected chi connectivity index (χ3v) is 5.66. The Morgan fingerprint density at radius 1 is 1.15 bits per heavy atom. The fourth-order valence-electron chi connectivity index (χ4n) is 4.09. The van der Waals surface area contributed by atoms with Crippen molar-refractivity contribution in [1.29, 1.82) is 5.26 Å². The van der Waals surface area contributed by atoms with E-state index in [9.17, 15) is 10.1 Å². The van der Waals surface area contributed by atoms with E-state index in [1.807, 2.05) is 73.0 Å². The Kier molecular flexibility index (Phi) is 6.41. The minimum absolute atomic E-state index is 0.222. The van der Waals surface area contributed by atoms with Crippen LogP contribution in [0.25, 0.3) is 22.8 Å². The molecular weight excluding hydrogens is 412 g/mol. The Bertz CT molecular complexity index is 1370. The first-order valence-corrected chi connectivity index (χ1v) is 10.9. The van der Waals surface area contributed by atoms with Crippen molar-refractivity contribution in [3.8, 4) is 11.8 Å². The first-order chi connectivity index (χ1) is 16.0. The summed E-state index contributed by atoms with van der Waals surface area (Å²) in [7, 11) is 0. The van der Waals surface area contributed by atoms with Crippen molar-refractivity contribution < 1.29 is 9.53 Å². The second-order valence-corrected chi connectivity index (χ2v) is 7.95. The molecular formula is C27H26N4O2. The highest BCUT2D eigenvalue weighted by Crippen LogP contribution is 2.24. The van der Waals surface area contributed by atoms with E-state index in [2.05, 4.69) is 21.7 Å². The van der Waals surface area contributed by atoms with Gasteiger partial charge in [-0.1, -0.05) is 24.3 Å². The molecule has 6 heteroatoms. The lowest BCUT2D eigenvalue weighted by Crippen LogP contribution is -2.07. The Labute approximate surface area is 193 Å². The summed E-state index contributed by atoms with van der Waals surface area (Å²) in [5.74, 6) is -0.222. The summed E-state index contributed by atoms with van der Waals surface area (Å²) in [5, 5.41) is 9.79. The molecule has 2 aromatic heterocycles. The first-order valence-electron chi connectivity index (χ1n) is 10.9. The second kappa shape index (κ2) is 9.58. The molecule has 0 aliphatic heterocycles. The number of allylic oxidation sites excluding steroid dienone is 1. The number of aryl methyl sites for hydroxylation is 1. The number of fused-ring (bicyclic) bond motifs is 1. The molecule has 0 saturated heterocycles. The van der Waals surface area contributed by atoms with Gasteiger partial charge in [-0.3, -0.25) is 4.79 Å². The van der Waals surface area contributed by atoms with Crippen molar-refractivity contribution in [3.05, 3.63) is 89.0 Å². The Hall–Kier alpha value is -4.11. The molecule has 2 heterocycles. The van der Waals surface area contributed by atoms with Crippen LogP contribution in [-0.2, 0) is 22.5 Å². The molecule has 0 atom stereocenters. The zero-order chi connectivity index (χ0) is 23.4. The number of carbonyl (C=O) groups excluding carboxylic acids is 1. The molecule has 0 aliphatic carbocycles. The molecule has 4 aromatic rings. The van der Waals surface area contributed by atoms with Crippen LogP contribution >= 0.6 is 0 Å². The maximum Gasteiger partial charge on any atom is 0.310 e. The Morgan fingerprint density at radius 2 is 1.91 bits per heavy atom. The molecule has 0 aliphatic rings. The lowest BCUT2D eigenvalue weighted by molar-refractivity contribution is -0.142. The summed E-state index contributed by atoms with van der Waals surface area (Å²) in [4.78, 5) is 16.1. The minimum Gasteiger partial charge on any atom is -0.466 e. The molecule has 166 valence electrons. The van der Waals surface area contributed by atoms with Crippen molar-refractivity contribution in [1.82, 2.24) is 14.1 Å². The van der Waals surface area contributed by atoms with E-state index in [1.165, 1.54) is 0 Å². The molecule has 33 heavy (non-hydrogen) atoms. The van der Waals surface area contributed by atoms with Crippen LogP contribution in [0.3, 0.4) is 0 Å². The second-order valence-electron chi connectivity index (χ2n) is 7.95. The van der Waals surface area contributed by atoms with Crippen molar-refractivity contribution in [2.45, 2.75) is 33.7 Å². The lowest BCUT2D eigenvalue weighted by Gasteiger charge is -2.11. The summed E-state index contributed by atoms with van der Waals surface area (Å²) < 4.78 is 9.17. The molecule has 0 amide bonds. The number of esters is 1. The number of benzene rings is 2. The maximum absolute atomic E-state index is 11.7. The van der Waals surface area contributed by atoms with Gasteiger partial charge in [-0.15, -0.1) is 0 Å². The number of hydrogen-bond donors (Lipinski definition) is 0. The summed E-state index contributed by atoms with van der Waals surface area (Å²) in [5.41, 5.74) is 7.63. The van der Waals surface area contributed by atoms with Gasteiger partial charge in [-0.25, -0.2) is 4.98 Å². The number of hydrogen-bond acceptors (Lipinski definition) is 4. The molecule has 0 N–H and O–H groups in total. The van der Waals surface area contributed by atoms with Gasteiger partial charge in [0.05, 0.1) is 43.0 Å². The molecule has 6 nitrogen and oxygen atoms in total. The molecule has 0 unspecified atom stereocenters. The molecule has 0 bridgehead atoms. The third kappa shape index (κ3) is 4.73. The van der Waals surface area contributed by atoms with Crippen LogP contribution in [0, 0.1) is 25.2 Å². The van der Waals surface area contributed by atoms with Crippen LogP contribution in [0.2, 0.25) is 0 Å². The van der Waals surface area contributed by atoms with E-state index in [0.717, 1.165) is 39.2 Å². The van der Waals surface area contributed by atoms with E-state index in [4.69, 9.17) is 4.74 Å². The van der Waals surface area contributed by atoms with Crippen molar-refractivity contribution in [2.24, 2.45) is 0 Å². The zero-order valence-corrected chi connectivity index (χ0v) is 19.1. The smallest absolute Gasteiger partial charge is 0.310 e. The highest BCUT2D eigenvalue weighted by atomic mass is 16.5. The van der Waals surface area contributed by atoms with Gasteiger partial charge in [0.1, 0.15) is 0 Å². The summed E-state index contributed by atoms with van der Waals surface area (Å²) in [6.07, 6.45) is 3.99. The van der Waals surface area contributed by atoms with Crippen LogP contribution in [0.1, 0.15) is 29.4 Å². The van der Waals surface area contributed by atoms with Crippen LogP contribution in [-0.4, -0.2) is 26.7 Å². The molecule has 0 saturated carbocycles. The monoisotopic (exact) mass is 438 g/mol. The number of imidazole rings is 1. The number of rotatable bonds is 7. The quantitative estimate of drug-likeness (QED) is 0.295. The topological polar surface area (TPSA) is 72.8 Å². The fraction of sp³-hybridized carbons (Fsp3) is 0.222. The van der Waals surface area contributed by atoms with Gasteiger partial charge in [-0.05, 0) is 68.3 Å². The number of ether oxygens (including phenoxy) is 1. The summed E-state index contributed by atoms with van der Waals surface area (Å²) in [6.45, 7) is 6.75. The molecule has 4 rings (SSSR count). The van der Waals surface area contributed by atoms with E-state index in [1.54, 1.807) is 13.3 Å². The normalized spacial score (nSPS) is 11.5. The van der Waals surface area contributed by atoms with Gasteiger partial charge in [-0.2, -0.15) is 5.26 Å². The van der Waals surface area contributed by atoms with Crippen molar-refractivity contribution in [3.63, 3.8) is 0 Å². The van der Waals surface area contributed by atoms with Crippen LogP contribution in [0.4, 0.5) is 0 Å². The number of carbonyl (C=O) groups is 1. The first kappa shape index (κ1) is 22.1. The molecule has 0 spiro atoms. The summed E-state index contributed by atoms with van der Waals surface area (Å²) >= 11 is 0. The standard InChI is InChI=1S/C27H26N4O2/c1-4-33-27(32)15-21-9-11-24(12-10-21)31-19(2)13-23(20(31)3)14-22(16-28)17-30-18-29-25-7-5-6-8-26(25)30/h5-14,18H,4,15,17H2,1-3H3/b22-14-. The van der Waals surface area contributed by atoms with E-state index in [0.29, 0.717) is 18.7 Å². The summed E-state index contributed by atoms with van der Waals surface area (Å²) in [6, 6.07) is 20.2. The Morgan fingerprint density at radius 3 is 2.64 bits per heavy atom. The van der Waals surface area contributed by atoms with Crippen LogP contribution < -0.4 is 0 Å². The average Bonchev–Trinajstić information content (AvgIpc) is 3.34. The Balaban J connectivity index is 1.59. The van der Waals surface area contributed by atoms with Gasteiger partial charge in [0.25, 0.3) is 0 Å². The third-order valence-electron chi connectivity index (χ3n) is 5.66. The maximum atomic E-state index is 11.7. The largest absolute Gasteiger partial charge is 0.466 e. The molecule has 0 radical (unpaired) electrons. The van der Waals surface area contributed by atoms with Gasteiger partial charge >= 0.3 is 5.97 Å². The fourth-order valence-corrected chi connectivity index (χ4v) is 4.09. The number of para-hydroxylation sites is 2. The highest BCUT2D eigenvalue weighted by Gasteiger charge is 2.12. The van der Waals surface area contributed by atoms with Crippen LogP contribution in [0.15, 0.2) is 66.5 Å². The lowest BCUT2D eigenvalue weighted by atomic mass is 10.1. The SMILES string of the molecule is CCOC(=O)Cc1ccc(-n2c(C)cc(/C=C(/C#N)Cn3cnc4ccccc43)c2C)cc1. The van der Waals surface area contributed by atoms with E-state index >= 15 is 0 Å². The van der Waals surface area contributed by atoms with Gasteiger partial charge in [0.2, 0.25) is 0 Å². The number of nitriles is 1. The predicted molar refractivity (Wildman–Crippen MR) is 129 cm³/mol. The van der Waals surface area contributed by atoms with Gasteiger partial charge < -0.3 is 13.9 Å². The zero-order valence-electron chi connectivity index (χ0n) is 19.1.